The lowest BCUT2D eigenvalue weighted by atomic mass is 10.1. The molecule has 0 aliphatic carbocycles. The topological polar surface area (TPSA) is 52.7 Å². The van der Waals surface area contributed by atoms with Gasteiger partial charge in [-0.1, -0.05) is 18.2 Å². The summed E-state index contributed by atoms with van der Waals surface area (Å²) < 4.78 is 13.1. The maximum Gasteiger partial charge on any atom is 0.323 e. The van der Waals surface area contributed by atoms with Crippen molar-refractivity contribution < 1.29 is 14.0 Å². The summed E-state index contributed by atoms with van der Waals surface area (Å²) in [5.41, 5.74) is 2.20. The van der Waals surface area contributed by atoms with Crippen LogP contribution in [0.15, 0.2) is 48.5 Å². The van der Waals surface area contributed by atoms with Gasteiger partial charge in [0.15, 0.2) is 4.87 Å². The molecule has 0 unspecified atom stereocenters. The Morgan fingerprint density at radius 1 is 1.23 bits per heavy atom. The van der Waals surface area contributed by atoms with Crippen LogP contribution in [0.25, 0.3) is 0 Å². The molecule has 1 saturated heterocycles. The van der Waals surface area contributed by atoms with Crippen LogP contribution in [0.5, 0.6) is 0 Å². The number of halogens is 1. The Labute approximate surface area is 155 Å². The summed E-state index contributed by atoms with van der Waals surface area (Å²) >= 11 is 1.49. The fourth-order valence-electron chi connectivity index (χ4n) is 3.61. The normalized spacial score (nSPS) is 21.4. The summed E-state index contributed by atoms with van der Waals surface area (Å²) in [4.78, 5) is 28.5. The third-order valence-corrected chi connectivity index (χ3v) is 6.18. The highest BCUT2D eigenvalue weighted by atomic mass is 32.2. The van der Waals surface area contributed by atoms with Crippen molar-refractivity contribution in [2.24, 2.45) is 0 Å². The summed E-state index contributed by atoms with van der Waals surface area (Å²) in [6.07, 6.45) is 0. The second-order valence-electron chi connectivity index (χ2n) is 6.15. The minimum Gasteiger partial charge on any atom is -0.309 e. The molecule has 3 amide bonds. The molecule has 26 heavy (non-hydrogen) atoms. The van der Waals surface area contributed by atoms with E-state index in [2.05, 4.69) is 5.32 Å². The van der Waals surface area contributed by atoms with Gasteiger partial charge in [-0.3, -0.25) is 9.69 Å². The van der Waals surface area contributed by atoms with E-state index >= 15 is 0 Å². The Hall–Kier alpha value is -2.54. The van der Waals surface area contributed by atoms with E-state index in [1.807, 2.05) is 31.2 Å². The highest BCUT2D eigenvalue weighted by molar-refractivity contribution is 8.01. The number of anilines is 2. The minimum absolute atomic E-state index is 0.0852. The molecule has 0 bridgehead atoms. The lowest BCUT2D eigenvalue weighted by molar-refractivity contribution is -0.123. The molecule has 4 rings (SSSR count). The van der Waals surface area contributed by atoms with Gasteiger partial charge in [-0.15, -0.1) is 11.8 Å². The molecule has 0 saturated carbocycles. The molecule has 0 aromatic heterocycles. The number of benzene rings is 2. The van der Waals surface area contributed by atoms with Crippen LogP contribution in [0.4, 0.5) is 20.6 Å². The molecule has 2 aliphatic rings. The first-order valence-electron chi connectivity index (χ1n) is 8.47. The number of hydrogen-bond donors (Lipinski definition) is 1. The average Bonchev–Trinajstić information content (AvgIpc) is 3.19. The number of para-hydroxylation sites is 1. The molecule has 7 heteroatoms. The molecule has 1 fully saturated rings. The fraction of sp³-hybridized carbons (Fsp3) is 0.263. The number of hydrogen-bond acceptors (Lipinski definition) is 3. The van der Waals surface area contributed by atoms with Crippen LogP contribution in [0, 0.1) is 5.82 Å². The lowest BCUT2D eigenvalue weighted by Gasteiger charge is -2.33. The van der Waals surface area contributed by atoms with Crippen LogP contribution >= 0.6 is 11.8 Å². The quantitative estimate of drug-likeness (QED) is 0.877. The van der Waals surface area contributed by atoms with E-state index in [9.17, 15) is 14.0 Å². The maximum atomic E-state index is 13.3. The number of rotatable bonds is 2. The molecule has 0 radical (unpaired) electrons. The van der Waals surface area contributed by atoms with Crippen LogP contribution in [0.3, 0.4) is 0 Å². The van der Waals surface area contributed by atoms with Crippen molar-refractivity contribution in [3.05, 3.63) is 59.9 Å². The molecular weight excluding hydrogens is 353 g/mol. The van der Waals surface area contributed by atoms with Crippen LogP contribution < -0.4 is 10.2 Å². The second-order valence-corrected chi connectivity index (χ2v) is 7.44. The number of carbonyl (C=O) groups is 2. The van der Waals surface area contributed by atoms with Gasteiger partial charge in [-0.05, 0) is 37.3 Å². The zero-order chi connectivity index (χ0) is 18.3. The van der Waals surface area contributed by atoms with Gasteiger partial charge >= 0.3 is 6.03 Å². The number of fused-ring (bicyclic) bond motifs is 2. The summed E-state index contributed by atoms with van der Waals surface area (Å²) in [6.45, 7) is 2.94. The highest BCUT2D eigenvalue weighted by Crippen LogP contribution is 2.53. The van der Waals surface area contributed by atoms with E-state index in [0.717, 1.165) is 11.3 Å². The van der Waals surface area contributed by atoms with E-state index in [-0.39, 0.29) is 17.8 Å². The Morgan fingerprint density at radius 2 is 1.96 bits per heavy atom. The molecule has 2 aromatic rings. The molecule has 1 N–H and O–H groups in total. The van der Waals surface area contributed by atoms with Gasteiger partial charge in [0, 0.05) is 30.1 Å². The Morgan fingerprint density at radius 3 is 2.69 bits per heavy atom. The SMILES string of the molecule is CCN1C(=O)[C@@]2(SCCN2C(=O)Nc2ccc(F)cc2)c2ccccc21. The second kappa shape index (κ2) is 6.32. The first-order valence-corrected chi connectivity index (χ1v) is 9.46. The molecular formula is C19H18FN3O2S. The van der Waals surface area contributed by atoms with Crippen molar-refractivity contribution in [1.82, 2.24) is 4.90 Å². The van der Waals surface area contributed by atoms with Crippen molar-refractivity contribution >= 4 is 35.1 Å². The number of amides is 3. The van der Waals surface area contributed by atoms with Gasteiger partial charge in [-0.25, -0.2) is 9.18 Å². The molecule has 5 nitrogen and oxygen atoms in total. The van der Waals surface area contributed by atoms with Gasteiger partial charge in [-0.2, -0.15) is 0 Å². The molecule has 2 aromatic carbocycles. The zero-order valence-electron chi connectivity index (χ0n) is 14.2. The average molecular weight is 371 g/mol. The first-order chi connectivity index (χ1) is 12.6. The number of carbonyl (C=O) groups excluding carboxylic acids is 2. The standard InChI is InChI=1S/C19H18FN3O2S/c1-2-22-16-6-4-3-5-15(16)19(17(22)24)23(11-12-26-19)18(25)21-14-9-7-13(20)8-10-14/h3-10H,2,11-12H2,1H3,(H,21,25)/t19-/m0/s1. The number of nitrogens with one attached hydrogen (secondary N) is 1. The summed E-state index contributed by atoms with van der Waals surface area (Å²) in [6, 6.07) is 12.9. The van der Waals surface area contributed by atoms with Crippen LogP contribution in [0.1, 0.15) is 12.5 Å². The van der Waals surface area contributed by atoms with Gasteiger partial charge < -0.3 is 10.2 Å². The van der Waals surface area contributed by atoms with E-state index in [4.69, 9.17) is 0 Å². The zero-order valence-corrected chi connectivity index (χ0v) is 15.1. The van der Waals surface area contributed by atoms with Gasteiger partial charge in [0.1, 0.15) is 5.82 Å². The third-order valence-electron chi connectivity index (χ3n) is 4.76. The number of urea groups is 1. The first kappa shape index (κ1) is 16.9. The maximum absolute atomic E-state index is 13.3. The van der Waals surface area contributed by atoms with Gasteiger partial charge in [0.05, 0.1) is 5.69 Å². The van der Waals surface area contributed by atoms with Gasteiger partial charge in [0.25, 0.3) is 5.91 Å². The van der Waals surface area contributed by atoms with E-state index in [1.165, 1.54) is 36.0 Å². The Balaban J connectivity index is 1.70. The molecule has 1 atom stereocenters. The monoisotopic (exact) mass is 371 g/mol. The molecule has 134 valence electrons. The Bertz CT molecular complexity index is 873. The lowest BCUT2D eigenvalue weighted by Crippen LogP contribution is -2.51. The van der Waals surface area contributed by atoms with Crippen molar-refractivity contribution in [3.63, 3.8) is 0 Å². The predicted octanol–water partition coefficient (Wildman–Crippen LogP) is 3.63. The summed E-state index contributed by atoms with van der Waals surface area (Å²) in [5, 5.41) is 2.78. The van der Waals surface area contributed by atoms with Crippen molar-refractivity contribution in [2.45, 2.75) is 11.8 Å². The highest BCUT2D eigenvalue weighted by Gasteiger charge is 2.59. The Kier molecular flexibility index (Phi) is 4.11. The molecule has 2 aliphatic heterocycles. The molecule has 1 spiro atoms. The van der Waals surface area contributed by atoms with Gasteiger partial charge in [0.2, 0.25) is 0 Å². The van der Waals surface area contributed by atoms with Crippen molar-refractivity contribution in [1.29, 1.82) is 0 Å². The summed E-state index contributed by atoms with van der Waals surface area (Å²) in [5.74, 6) is 0.224. The van der Waals surface area contributed by atoms with Crippen molar-refractivity contribution in [3.8, 4) is 0 Å². The fourth-order valence-corrected chi connectivity index (χ4v) is 5.07. The largest absolute Gasteiger partial charge is 0.323 e. The smallest absolute Gasteiger partial charge is 0.309 e. The van der Waals surface area contributed by atoms with Crippen molar-refractivity contribution in [2.75, 3.05) is 29.1 Å². The van der Waals surface area contributed by atoms with E-state index in [1.54, 1.807) is 9.80 Å². The third kappa shape index (κ3) is 2.38. The van der Waals surface area contributed by atoms with E-state index in [0.29, 0.717) is 24.5 Å². The molecule has 2 heterocycles. The number of thioether (sulfide) groups is 1. The van der Waals surface area contributed by atoms with E-state index < -0.39 is 4.87 Å². The predicted molar refractivity (Wildman–Crippen MR) is 101 cm³/mol. The number of likely N-dealkylation sites (N-methyl/N-ethyl adjacent to an activating group) is 1. The number of nitrogens with zero attached hydrogens (tertiary/aromatic N) is 2. The van der Waals surface area contributed by atoms with Crippen LogP contribution in [-0.2, 0) is 9.67 Å². The minimum atomic E-state index is -1.03. The van der Waals surface area contributed by atoms with Crippen LogP contribution in [0.2, 0.25) is 0 Å². The van der Waals surface area contributed by atoms with Crippen LogP contribution in [-0.4, -0.2) is 35.7 Å². The summed E-state index contributed by atoms with van der Waals surface area (Å²) in [7, 11) is 0.